The van der Waals surface area contributed by atoms with Gasteiger partial charge in [-0.1, -0.05) is 0 Å². The highest BCUT2D eigenvalue weighted by Gasteiger charge is 2.40. The van der Waals surface area contributed by atoms with Gasteiger partial charge in [-0.2, -0.15) is 0 Å². The van der Waals surface area contributed by atoms with E-state index in [9.17, 15) is 9.59 Å². The van der Waals surface area contributed by atoms with Crippen molar-refractivity contribution in [2.24, 2.45) is 11.7 Å². The van der Waals surface area contributed by atoms with Gasteiger partial charge in [0.05, 0.1) is 5.54 Å². The normalized spacial score (nSPS) is 19.0. The van der Waals surface area contributed by atoms with Gasteiger partial charge in [0.15, 0.2) is 0 Å². The number of nitrogens with two attached hydrogens (primary N) is 1. The van der Waals surface area contributed by atoms with E-state index in [2.05, 4.69) is 5.32 Å². The molecule has 4 N–H and O–H groups in total. The minimum absolute atomic E-state index is 0.145. The largest absolute Gasteiger partial charge is 0.480 e. The van der Waals surface area contributed by atoms with E-state index in [0.29, 0.717) is 0 Å². The van der Waals surface area contributed by atoms with Crippen LogP contribution in [0.5, 0.6) is 0 Å². The molecule has 0 radical (unpaired) electrons. The molecule has 0 aromatic rings. The third-order valence-electron chi connectivity index (χ3n) is 2.49. The summed E-state index contributed by atoms with van der Waals surface area (Å²) in [5.41, 5.74) is 4.18. The Labute approximate surface area is 82.7 Å². The molecule has 1 fully saturated rings. The van der Waals surface area contributed by atoms with E-state index in [1.165, 1.54) is 0 Å². The van der Waals surface area contributed by atoms with E-state index in [1.54, 1.807) is 13.8 Å². The van der Waals surface area contributed by atoms with Crippen molar-refractivity contribution in [3.05, 3.63) is 0 Å². The lowest BCUT2D eigenvalue weighted by atomic mass is 10.0. The number of hydrogen-bond donors (Lipinski definition) is 3. The summed E-state index contributed by atoms with van der Waals surface area (Å²) in [5.74, 6) is -1.31. The molecule has 0 aliphatic heterocycles. The summed E-state index contributed by atoms with van der Waals surface area (Å²) in [5, 5.41) is 11.7. The zero-order valence-electron chi connectivity index (χ0n) is 8.41. The Hall–Kier alpha value is -1.10. The lowest BCUT2D eigenvalue weighted by Gasteiger charge is -2.26. The molecular formula is C9H16N2O3. The van der Waals surface area contributed by atoms with Gasteiger partial charge in [0, 0.05) is 0 Å². The Balaban J connectivity index is 2.63. The van der Waals surface area contributed by atoms with E-state index in [-0.39, 0.29) is 5.92 Å². The van der Waals surface area contributed by atoms with E-state index < -0.39 is 23.5 Å². The van der Waals surface area contributed by atoms with Crippen LogP contribution in [-0.2, 0) is 9.59 Å². The van der Waals surface area contributed by atoms with Gasteiger partial charge in [-0.3, -0.25) is 14.9 Å². The Morgan fingerprint density at radius 3 is 2.29 bits per heavy atom. The van der Waals surface area contributed by atoms with Crippen LogP contribution in [0.4, 0.5) is 0 Å². The third-order valence-corrected chi connectivity index (χ3v) is 2.49. The molecule has 5 heteroatoms. The minimum atomic E-state index is -0.967. The molecule has 0 spiro atoms. The van der Waals surface area contributed by atoms with Crippen molar-refractivity contribution in [2.45, 2.75) is 38.3 Å². The Kier molecular flexibility index (Phi) is 2.80. The first kappa shape index (κ1) is 11.0. The van der Waals surface area contributed by atoms with Crippen LogP contribution in [0.2, 0.25) is 0 Å². The van der Waals surface area contributed by atoms with E-state index in [1.807, 2.05) is 0 Å². The van der Waals surface area contributed by atoms with Crippen LogP contribution in [0.1, 0.15) is 26.7 Å². The number of carboxylic acid groups (broad SMARTS) is 1. The van der Waals surface area contributed by atoms with Crippen LogP contribution < -0.4 is 11.1 Å². The molecule has 1 rings (SSSR count). The molecule has 0 heterocycles. The highest BCUT2D eigenvalue weighted by molar-refractivity contribution is 5.85. The number of carbonyl (C=O) groups is 2. The zero-order valence-corrected chi connectivity index (χ0v) is 8.41. The van der Waals surface area contributed by atoms with Gasteiger partial charge < -0.3 is 10.8 Å². The van der Waals surface area contributed by atoms with Crippen LogP contribution in [0.3, 0.4) is 0 Å². The van der Waals surface area contributed by atoms with Gasteiger partial charge in [-0.05, 0) is 32.6 Å². The summed E-state index contributed by atoms with van der Waals surface area (Å²) < 4.78 is 0. The molecule has 0 saturated heterocycles. The number of aliphatic carboxylic acids is 1. The SMILES string of the molecule is CC(C)(NC(C(=O)O)C1CC1)C(N)=O. The van der Waals surface area contributed by atoms with Gasteiger partial charge in [0.2, 0.25) is 5.91 Å². The molecule has 1 aliphatic carbocycles. The van der Waals surface area contributed by atoms with Crippen LogP contribution in [-0.4, -0.2) is 28.6 Å². The topological polar surface area (TPSA) is 92.4 Å². The molecule has 0 aromatic heterocycles. The van der Waals surface area contributed by atoms with Crippen molar-refractivity contribution in [1.82, 2.24) is 5.32 Å². The molecule has 0 bridgehead atoms. The van der Waals surface area contributed by atoms with Gasteiger partial charge in [0.25, 0.3) is 0 Å². The van der Waals surface area contributed by atoms with Crippen LogP contribution in [0, 0.1) is 5.92 Å². The lowest BCUT2D eigenvalue weighted by Crippen LogP contribution is -2.57. The number of rotatable bonds is 5. The fraction of sp³-hybridized carbons (Fsp3) is 0.778. The maximum atomic E-state index is 11.0. The van der Waals surface area contributed by atoms with Crippen molar-refractivity contribution < 1.29 is 14.7 Å². The molecule has 1 saturated carbocycles. The number of primary amides is 1. The van der Waals surface area contributed by atoms with Crippen LogP contribution >= 0.6 is 0 Å². The third kappa shape index (κ3) is 2.45. The smallest absolute Gasteiger partial charge is 0.321 e. The van der Waals surface area contributed by atoms with Gasteiger partial charge in [-0.25, -0.2) is 0 Å². The van der Waals surface area contributed by atoms with E-state index in [0.717, 1.165) is 12.8 Å². The molecule has 1 unspecified atom stereocenters. The second-order valence-corrected chi connectivity index (χ2v) is 4.29. The standard InChI is InChI=1S/C9H16N2O3/c1-9(2,8(10)14)11-6(7(12)13)5-3-4-5/h5-6,11H,3-4H2,1-2H3,(H2,10,14)(H,12,13). The summed E-state index contributed by atoms with van der Waals surface area (Å²) in [6, 6.07) is -0.655. The number of carboxylic acids is 1. The highest BCUT2D eigenvalue weighted by atomic mass is 16.4. The number of hydrogen-bond acceptors (Lipinski definition) is 3. The molecule has 1 amide bonds. The highest BCUT2D eigenvalue weighted by Crippen LogP contribution is 2.33. The molecule has 0 aromatic carbocycles. The summed E-state index contributed by atoms with van der Waals surface area (Å²) in [4.78, 5) is 21.9. The van der Waals surface area contributed by atoms with Crippen LogP contribution in [0.25, 0.3) is 0 Å². The maximum absolute atomic E-state index is 11.0. The average molecular weight is 200 g/mol. The van der Waals surface area contributed by atoms with Gasteiger partial charge in [0.1, 0.15) is 6.04 Å². The fourth-order valence-corrected chi connectivity index (χ4v) is 1.27. The minimum Gasteiger partial charge on any atom is -0.480 e. The molecule has 14 heavy (non-hydrogen) atoms. The maximum Gasteiger partial charge on any atom is 0.321 e. The Bertz CT molecular complexity index is 259. The first-order chi connectivity index (χ1) is 6.34. The monoisotopic (exact) mass is 200 g/mol. The lowest BCUT2D eigenvalue weighted by molar-refractivity contribution is -0.141. The number of carbonyl (C=O) groups excluding carboxylic acids is 1. The molecule has 5 nitrogen and oxygen atoms in total. The summed E-state index contributed by atoms with van der Waals surface area (Å²) in [6.45, 7) is 3.18. The second-order valence-electron chi connectivity index (χ2n) is 4.29. The summed E-state index contributed by atoms with van der Waals surface area (Å²) in [6.07, 6.45) is 1.80. The van der Waals surface area contributed by atoms with Crippen molar-refractivity contribution >= 4 is 11.9 Å². The Morgan fingerprint density at radius 1 is 1.50 bits per heavy atom. The van der Waals surface area contributed by atoms with Gasteiger partial charge >= 0.3 is 5.97 Å². The average Bonchev–Trinajstić information content (AvgIpc) is 2.81. The predicted molar refractivity (Wildman–Crippen MR) is 50.6 cm³/mol. The quantitative estimate of drug-likeness (QED) is 0.568. The summed E-state index contributed by atoms with van der Waals surface area (Å²) >= 11 is 0. The predicted octanol–water partition coefficient (Wildman–Crippen LogP) is -0.297. The first-order valence-corrected chi connectivity index (χ1v) is 4.65. The number of amides is 1. The molecule has 1 atom stereocenters. The second kappa shape index (κ2) is 3.57. The van der Waals surface area contributed by atoms with Gasteiger partial charge in [-0.15, -0.1) is 0 Å². The molecular weight excluding hydrogens is 184 g/mol. The van der Waals surface area contributed by atoms with E-state index >= 15 is 0 Å². The Morgan fingerprint density at radius 2 is 2.00 bits per heavy atom. The number of nitrogens with one attached hydrogen (secondary N) is 1. The fourth-order valence-electron chi connectivity index (χ4n) is 1.27. The zero-order chi connectivity index (χ0) is 10.9. The van der Waals surface area contributed by atoms with Crippen molar-refractivity contribution in [1.29, 1.82) is 0 Å². The first-order valence-electron chi connectivity index (χ1n) is 4.65. The molecule has 80 valence electrons. The van der Waals surface area contributed by atoms with Crippen LogP contribution in [0.15, 0.2) is 0 Å². The van der Waals surface area contributed by atoms with Crippen molar-refractivity contribution in [3.8, 4) is 0 Å². The molecule has 1 aliphatic rings. The van der Waals surface area contributed by atoms with Crippen molar-refractivity contribution in [2.75, 3.05) is 0 Å². The van der Waals surface area contributed by atoms with Crippen molar-refractivity contribution in [3.63, 3.8) is 0 Å². The summed E-state index contributed by atoms with van der Waals surface area (Å²) in [7, 11) is 0. The van der Waals surface area contributed by atoms with E-state index in [4.69, 9.17) is 10.8 Å².